The zero-order valence-electron chi connectivity index (χ0n) is 9.35. The van der Waals surface area contributed by atoms with Gasteiger partial charge < -0.3 is 9.47 Å². The van der Waals surface area contributed by atoms with Crippen LogP contribution in [0.2, 0.25) is 0 Å². The zero-order valence-corrected chi connectivity index (χ0v) is 9.35. The van der Waals surface area contributed by atoms with Crippen LogP contribution < -0.4 is 14.8 Å². The summed E-state index contributed by atoms with van der Waals surface area (Å²) in [7, 11) is 0. The molecule has 0 aliphatic carbocycles. The number of hydrogen-bond donors (Lipinski definition) is 1. The van der Waals surface area contributed by atoms with E-state index < -0.39 is 0 Å². The smallest absolute Gasteiger partial charge is 0.139 e. The second kappa shape index (κ2) is 4.47. The van der Waals surface area contributed by atoms with Crippen molar-refractivity contribution in [3.63, 3.8) is 0 Å². The van der Waals surface area contributed by atoms with Crippen molar-refractivity contribution in [3.8, 4) is 17.2 Å². The zero-order chi connectivity index (χ0) is 11.5. The Balaban J connectivity index is 1.84. The molecule has 3 nitrogen and oxygen atoms in total. The Bertz CT molecular complexity index is 511. The Morgan fingerprint density at radius 3 is 2.76 bits per heavy atom. The lowest BCUT2D eigenvalue weighted by molar-refractivity contribution is 0.256. The second-order valence-corrected chi connectivity index (χ2v) is 3.90. The van der Waals surface area contributed by atoms with Gasteiger partial charge >= 0.3 is 0 Å². The maximum Gasteiger partial charge on any atom is 0.139 e. The van der Waals surface area contributed by atoms with Gasteiger partial charge in [0.25, 0.3) is 0 Å². The van der Waals surface area contributed by atoms with Gasteiger partial charge in [-0.25, -0.2) is 0 Å². The summed E-state index contributed by atoms with van der Waals surface area (Å²) in [5, 5.41) is 3.15. The van der Waals surface area contributed by atoms with Gasteiger partial charge in [0.1, 0.15) is 24.0 Å². The average Bonchev–Trinajstić information content (AvgIpc) is 2.40. The van der Waals surface area contributed by atoms with Gasteiger partial charge in [-0.05, 0) is 30.3 Å². The topological polar surface area (TPSA) is 30.5 Å². The van der Waals surface area contributed by atoms with E-state index in [4.69, 9.17) is 9.47 Å². The summed E-state index contributed by atoms with van der Waals surface area (Å²) in [5.41, 5.74) is 1.13. The van der Waals surface area contributed by atoms with Crippen LogP contribution in [0.3, 0.4) is 0 Å². The molecule has 2 aromatic carbocycles. The molecule has 3 heteroatoms. The lowest BCUT2D eigenvalue weighted by atomic mass is 10.1. The lowest BCUT2D eigenvalue weighted by Crippen LogP contribution is -2.25. The molecule has 1 heterocycles. The number of rotatable bonds is 2. The second-order valence-electron chi connectivity index (χ2n) is 3.90. The summed E-state index contributed by atoms with van der Waals surface area (Å²) in [6, 6.07) is 15.6. The molecule has 1 aliphatic heterocycles. The first-order chi connectivity index (χ1) is 8.42. The number of hydrogen-bond acceptors (Lipinski definition) is 3. The van der Waals surface area contributed by atoms with Crippen LogP contribution in [0, 0.1) is 0 Å². The number of fused-ring (bicyclic) bond motifs is 1. The number of benzene rings is 2. The van der Waals surface area contributed by atoms with E-state index in [1.807, 2.05) is 48.5 Å². The van der Waals surface area contributed by atoms with Gasteiger partial charge in [0.15, 0.2) is 0 Å². The first-order valence-electron chi connectivity index (χ1n) is 5.61. The van der Waals surface area contributed by atoms with Crippen LogP contribution in [0.15, 0.2) is 48.5 Å². The Morgan fingerprint density at radius 2 is 1.88 bits per heavy atom. The van der Waals surface area contributed by atoms with Crippen molar-refractivity contribution < 1.29 is 9.47 Å². The Morgan fingerprint density at radius 1 is 1.00 bits per heavy atom. The lowest BCUT2D eigenvalue weighted by Gasteiger charge is -2.18. The molecule has 0 atom stereocenters. The summed E-state index contributed by atoms with van der Waals surface area (Å²) in [6.45, 7) is 1.40. The number of ether oxygens (including phenoxy) is 2. The van der Waals surface area contributed by atoms with Crippen molar-refractivity contribution in [1.29, 1.82) is 0 Å². The van der Waals surface area contributed by atoms with Crippen LogP contribution in [0.4, 0.5) is 0 Å². The fourth-order valence-corrected chi connectivity index (χ4v) is 1.84. The van der Waals surface area contributed by atoms with Gasteiger partial charge in [-0.3, -0.25) is 5.32 Å². The van der Waals surface area contributed by atoms with E-state index in [2.05, 4.69) is 5.32 Å². The maximum atomic E-state index is 5.76. The first-order valence-corrected chi connectivity index (χ1v) is 5.61. The van der Waals surface area contributed by atoms with E-state index in [0.29, 0.717) is 6.73 Å². The number of para-hydroxylation sites is 1. The molecule has 0 saturated carbocycles. The minimum Gasteiger partial charge on any atom is -0.478 e. The van der Waals surface area contributed by atoms with E-state index in [9.17, 15) is 0 Å². The third-order valence-electron chi connectivity index (χ3n) is 2.66. The molecule has 1 aliphatic rings. The summed E-state index contributed by atoms with van der Waals surface area (Å²) < 4.78 is 11.2. The highest BCUT2D eigenvalue weighted by atomic mass is 16.5. The van der Waals surface area contributed by atoms with Crippen molar-refractivity contribution in [1.82, 2.24) is 5.32 Å². The van der Waals surface area contributed by atoms with Crippen LogP contribution in [0.25, 0.3) is 0 Å². The van der Waals surface area contributed by atoms with E-state index in [1.54, 1.807) is 0 Å². The molecule has 2 aromatic rings. The summed E-state index contributed by atoms with van der Waals surface area (Å²) >= 11 is 0. The summed E-state index contributed by atoms with van der Waals surface area (Å²) in [5.74, 6) is 2.61. The standard InChI is InChI=1S/C14H13NO2/c1-2-4-12(5-3-1)17-13-6-7-14-11(8-13)9-15-10-16-14/h1-8,15H,9-10H2. The minimum absolute atomic E-state index is 0.575. The predicted molar refractivity (Wildman–Crippen MR) is 65.3 cm³/mol. The van der Waals surface area contributed by atoms with Gasteiger partial charge in [-0.15, -0.1) is 0 Å². The molecule has 0 unspecified atom stereocenters. The van der Waals surface area contributed by atoms with Gasteiger partial charge in [-0.1, -0.05) is 18.2 Å². The van der Waals surface area contributed by atoms with Crippen molar-refractivity contribution in [2.75, 3.05) is 6.73 Å². The fourth-order valence-electron chi connectivity index (χ4n) is 1.84. The monoisotopic (exact) mass is 227 g/mol. The molecule has 0 saturated heterocycles. The van der Waals surface area contributed by atoms with Gasteiger partial charge in [0.2, 0.25) is 0 Å². The Kier molecular flexibility index (Phi) is 2.68. The molecule has 1 N–H and O–H groups in total. The molecular weight excluding hydrogens is 214 g/mol. The fraction of sp³-hybridized carbons (Fsp3) is 0.143. The molecule has 86 valence electrons. The molecular formula is C14H13NO2. The van der Waals surface area contributed by atoms with E-state index >= 15 is 0 Å². The molecule has 0 spiro atoms. The molecule has 3 rings (SSSR count). The van der Waals surface area contributed by atoms with Crippen LogP contribution >= 0.6 is 0 Å². The maximum absolute atomic E-state index is 5.76. The Hall–Kier alpha value is -2.00. The van der Waals surface area contributed by atoms with Crippen molar-refractivity contribution in [2.45, 2.75) is 6.54 Å². The third kappa shape index (κ3) is 2.24. The van der Waals surface area contributed by atoms with Crippen LogP contribution in [-0.2, 0) is 6.54 Å². The van der Waals surface area contributed by atoms with Crippen LogP contribution in [0.5, 0.6) is 17.2 Å². The molecule has 0 aromatic heterocycles. The molecule has 0 fully saturated rings. The van der Waals surface area contributed by atoms with Gasteiger partial charge in [0, 0.05) is 12.1 Å². The minimum atomic E-state index is 0.575. The van der Waals surface area contributed by atoms with Gasteiger partial charge in [0.05, 0.1) is 0 Å². The van der Waals surface area contributed by atoms with E-state index in [-0.39, 0.29) is 0 Å². The Labute approximate surface area is 100.0 Å². The van der Waals surface area contributed by atoms with Gasteiger partial charge in [-0.2, -0.15) is 0 Å². The molecule has 17 heavy (non-hydrogen) atoms. The van der Waals surface area contributed by atoms with Crippen LogP contribution in [-0.4, -0.2) is 6.73 Å². The van der Waals surface area contributed by atoms with Crippen molar-refractivity contribution in [3.05, 3.63) is 54.1 Å². The molecule has 0 radical (unpaired) electrons. The molecule has 0 bridgehead atoms. The quantitative estimate of drug-likeness (QED) is 0.855. The van der Waals surface area contributed by atoms with E-state index in [1.165, 1.54) is 0 Å². The summed E-state index contributed by atoms with van der Waals surface area (Å²) in [6.07, 6.45) is 0. The highest BCUT2D eigenvalue weighted by Crippen LogP contribution is 2.28. The third-order valence-corrected chi connectivity index (χ3v) is 2.66. The van der Waals surface area contributed by atoms with E-state index in [0.717, 1.165) is 29.4 Å². The number of nitrogens with one attached hydrogen (secondary N) is 1. The normalized spacial score (nSPS) is 13.6. The SMILES string of the molecule is c1ccc(Oc2ccc3c(c2)CNCO3)cc1. The van der Waals surface area contributed by atoms with Crippen LogP contribution in [0.1, 0.15) is 5.56 Å². The highest BCUT2D eigenvalue weighted by Gasteiger charge is 2.10. The highest BCUT2D eigenvalue weighted by molar-refractivity contribution is 5.42. The summed E-state index contributed by atoms with van der Waals surface area (Å²) in [4.78, 5) is 0. The first kappa shape index (κ1) is 10.2. The average molecular weight is 227 g/mol. The largest absolute Gasteiger partial charge is 0.478 e. The molecule has 0 amide bonds. The van der Waals surface area contributed by atoms with Crippen molar-refractivity contribution >= 4 is 0 Å². The van der Waals surface area contributed by atoms with Crippen molar-refractivity contribution in [2.24, 2.45) is 0 Å². The predicted octanol–water partition coefficient (Wildman–Crippen LogP) is 2.92.